The largest absolute Gasteiger partial charge is 0.497 e. The fourth-order valence-corrected chi connectivity index (χ4v) is 12.9. The predicted octanol–water partition coefficient (Wildman–Crippen LogP) is 20.1. The number of hydrogen-bond donors (Lipinski definition) is 0. The van der Waals surface area contributed by atoms with Gasteiger partial charge in [-0.2, -0.15) is 0 Å². The summed E-state index contributed by atoms with van der Waals surface area (Å²) >= 11 is 0. The molecule has 0 spiro atoms. The number of hydrogen-bond acceptors (Lipinski definition) is 9. The lowest BCUT2D eigenvalue weighted by Gasteiger charge is -2.43. The van der Waals surface area contributed by atoms with E-state index in [2.05, 4.69) is 215 Å². The van der Waals surface area contributed by atoms with Gasteiger partial charge in [-0.05, 0) is 267 Å². The van der Waals surface area contributed by atoms with Crippen LogP contribution in [0.15, 0.2) is 273 Å². The van der Waals surface area contributed by atoms with E-state index in [1.807, 2.05) is 72.8 Å². The van der Waals surface area contributed by atoms with Crippen LogP contribution < -0.4 is 43.1 Å². The highest BCUT2D eigenvalue weighted by molar-refractivity contribution is 5.84. The van der Waals surface area contributed by atoms with Crippen molar-refractivity contribution < 1.29 is 28.4 Å². The molecule has 0 N–H and O–H groups in total. The molecule has 2 bridgehead atoms. The van der Waals surface area contributed by atoms with Gasteiger partial charge in [0, 0.05) is 63.0 Å². The number of nitrogens with zero attached hydrogens (tertiary/aromatic N) is 3. The minimum Gasteiger partial charge on any atom is -0.497 e. The maximum absolute atomic E-state index is 5.54. The van der Waals surface area contributed by atoms with Gasteiger partial charge in [-0.1, -0.05) is 72.8 Å². The van der Waals surface area contributed by atoms with Crippen LogP contribution in [0.5, 0.6) is 34.5 Å². The van der Waals surface area contributed by atoms with Crippen LogP contribution in [-0.2, 0) is 0 Å². The first-order valence-corrected chi connectivity index (χ1v) is 29.8. The Hall–Kier alpha value is -11.2. The summed E-state index contributed by atoms with van der Waals surface area (Å²) < 4.78 is 33.3. The van der Waals surface area contributed by atoms with Gasteiger partial charge < -0.3 is 43.1 Å². The van der Waals surface area contributed by atoms with Crippen molar-refractivity contribution in [1.82, 2.24) is 0 Å². The van der Waals surface area contributed by atoms with Gasteiger partial charge in [-0.3, -0.25) is 0 Å². The smallest absolute Gasteiger partial charge is 0.119 e. The zero-order valence-electron chi connectivity index (χ0n) is 50.4. The van der Waals surface area contributed by atoms with Crippen LogP contribution in [0.2, 0.25) is 0 Å². The van der Waals surface area contributed by atoms with E-state index < -0.39 is 0 Å². The first-order valence-electron chi connectivity index (χ1n) is 29.8. The third kappa shape index (κ3) is 10.6. The summed E-state index contributed by atoms with van der Waals surface area (Å²) in [5.74, 6) is 4.86. The van der Waals surface area contributed by atoms with Gasteiger partial charge in [0.05, 0.1) is 42.7 Å². The van der Waals surface area contributed by atoms with Crippen molar-refractivity contribution >= 4 is 51.2 Å². The van der Waals surface area contributed by atoms with Crippen LogP contribution in [0, 0.1) is 0 Å². The fraction of sp³-hybridized carbons (Fsp3) is 0.100. The van der Waals surface area contributed by atoms with E-state index in [0.29, 0.717) is 0 Å². The molecule has 9 heteroatoms. The molecule has 12 aromatic rings. The first-order chi connectivity index (χ1) is 43.8. The van der Waals surface area contributed by atoms with E-state index in [-0.39, 0.29) is 11.8 Å². The van der Waals surface area contributed by atoms with Crippen LogP contribution >= 0.6 is 0 Å². The molecule has 3 aliphatic carbocycles. The third-order valence-corrected chi connectivity index (χ3v) is 17.5. The van der Waals surface area contributed by atoms with E-state index in [4.69, 9.17) is 28.4 Å². The van der Waals surface area contributed by atoms with Crippen LogP contribution in [0.4, 0.5) is 51.2 Å². The zero-order chi connectivity index (χ0) is 60.5. The monoisotopic (exact) mass is 1160 g/mol. The molecule has 0 atom stereocenters. The second-order valence-electron chi connectivity index (χ2n) is 22.2. The van der Waals surface area contributed by atoms with E-state index in [0.717, 1.165) is 102 Å². The second-order valence-corrected chi connectivity index (χ2v) is 22.2. The SMILES string of the molecule is COc1ccc(N(c2ccc(OC)cc2)c2ccc(-c3ccc4c(c3)C3c5ccc(-c6ccc(N(c7ccc(OC)cc7)c7ccc(OC)cc7)cc6)cc5C4c4cc(-c5ccc(N(c6ccc(OC)cc6)c6ccc(OC)cc6)cc5)ccc43)cc2)cc1. The van der Waals surface area contributed by atoms with Gasteiger partial charge in [-0.15, -0.1) is 0 Å². The van der Waals surface area contributed by atoms with Crippen molar-refractivity contribution in [3.63, 3.8) is 0 Å². The Morgan fingerprint density at radius 3 is 0.517 bits per heavy atom. The molecule has 0 unspecified atom stereocenters. The molecule has 0 amide bonds. The number of ether oxygens (including phenoxy) is 6. The van der Waals surface area contributed by atoms with Gasteiger partial charge in [0.2, 0.25) is 0 Å². The normalized spacial score (nSPS) is 13.3. The van der Waals surface area contributed by atoms with Crippen LogP contribution in [0.25, 0.3) is 33.4 Å². The summed E-state index contributed by atoms with van der Waals surface area (Å²) in [5.41, 5.74) is 24.2. The Bertz CT molecular complexity index is 4120. The summed E-state index contributed by atoms with van der Waals surface area (Å²) in [6.45, 7) is 0. The highest BCUT2D eigenvalue weighted by Gasteiger charge is 2.42. The summed E-state index contributed by atoms with van der Waals surface area (Å²) in [7, 11) is 10.2. The standard InChI is InChI=1S/C80H65N3O6/c1-84-67-34-22-61(23-35-67)81(62-24-36-68(85-2)37-25-62)58-16-7-52(8-17-58)55-15-48-75-76(49-55)79-73-46-13-56(53-9-18-59(19-10-53)82(63-26-38-69(86-3)39-27-63)64-28-40-70(87-4)41-29-64)50-77(73)80(75)78-51-57(14-47-74(78)79)54-11-20-60(21-12-54)83(65-30-42-71(88-5)43-31-65)66-32-44-72(89-6)45-33-66/h7-51,79-80H,1-6H3. The zero-order valence-corrected chi connectivity index (χ0v) is 50.4. The van der Waals surface area contributed by atoms with Gasteiger partial charge in [0.15, 0.2) is 0 Å². The van der Waals surface area contributed by atoms with Gasteiger partial charge >= 0.3 is 0 Å². The number of anilines is 9. The molecule has 9 nitrogen and oxygen atoms in total. The molecule has 0 radical (unpaired) electrons. The Morgan fingerprint density at radius 1 is 0.180 bits per heavy atom. The van der Waals surface area contributed by atoms with Gasteiger partial charge in [-0.25, -0.2) is 0 Å². The first kappa shape index (κ1) is 55.7. The minimum absolute atomic E-state index is 0.00121. The quantitative estimate of drug-likeness (QED) is 0.0836. The van der Waals surface area contributed by atoms with Crippen molar-refractivity contribution in [3.8, 4) is 67.9 Å². The van der Waals surface area contributed by atoms with E-state index in [1.54, 1.807) is 42.7 Å². The molecule has 12 aromatic carbocycles. The summed E-state index contributed by atoms with van der Waals surface area (Å²) in [6, 6.07) is 97.4. The van der Waals surface area contributed by atoms with Crippen LogP contribution in [0.3, 0.4) is 0 Å². The predicted molar refractivity (Wildman–Crippen MR) is 361 cm³/mol. The van der Waals surface area contributed by atoms with Crippen LogP contribution in [0.1, 0.15) is 45.2 Å². The highest BCUT2D eigenvalue weighted by Crippen LogP contribution is 2.58. The molecule has 0 heterocycles. The fourth-order valence-electron chi connectivity index (χ4n) is 12.9. The van der Waals surface area contributed by atoms with Crippen molar-refractivity contribution in [2.75, 3.05) is 57.4 Å². The van der Waals surface area contributed by atoms with Crippen molar-refractivity contribution in [2.24, 2.45) is 0 Å². The molecule has 0 saturated heterocycles. The molecule has 89 heavy (non-hydrogen) atoms. The lowest BCUT2D eigenvalue weighted by Crippen LogP contribution is -2.27. The maximum Gasteiger partial charge on any atom is 0.119 e. The number of methoxy groups -OCH3 is 6. The Labute approximate surface area is 520 Å². The maximum atomic E-state index is 5.54. The number of benzene rings is 12. The third-order valence-electron chi connectivity index (χ3n) is 17.5. The topological polar surface area (TPSA) is 65.1 Å². The van der Waals surface area contributed by atoms with Gasteiger partial charge in [0.25, 0.3) is 0 Å². The van der Waals surface area contributed by atoms with Crippen LogP contribution in [-0.4, -0.2) is 42.7 Å². The summed E-state index contributed by atoms with van der Waals surface area (Å²) in [5, 5.41) is 0. The average Bonchev–Trinajstić information content (AvgIpc) is 0.731. The van der Waals surface area contributed by atoms with Crippen molar-refractivity contribution in [3.05, 3.63) is 306 Å². The lowest BCUT2D eigenvalue weighted by molar-refractivity contribution is 0.414. The molecular formula is C80H65N3O6. The molecule has 436 valence electrons. The minimum atomic E-state index is -0.00121. The lowest BCUT2D eigenvalue weighted by atomic mass is 9.60. The Balaban J connectivity index is 0.832. The van der Waals surface area contributed by atoms with Gasteiger partial charge in [0.1, 0.15) is 34.5 Å². The molecule has 0 aliphatic heterocycles. The van der Waals surface area contributed by atoms with Crippen molar-refractivity contribution in [1.29, 1.82) is 0 Å². The Kier molecular flexibility index (Phi) is 15.0. The van der Waals surface area contributed by atoms with Crippen molar-refractivity contribution in [2.45, 2.75) is 11.8 Å². The molecular weight excluding hydrogens is 1100 g/mol. The Morgan fingerprint density at radius 2 is 0.337 bits per heavy atom. The molecule has 15 rings (SSSR count). The van der Waals surface area contributed by atoms with E-state index in [1.165, 1.54) is 50.1 Å². The van der Waals surface area contributed by atoms with E-state index in [9.17, 15) is 0 Å². The molecule has 0 fully saturated rings. The molecule has 0 aromatic heterocycles. The summed E-state index contributed by atoms with van der Waals surface area (Å²) in [6.07, 6.45) is 0. The van der Waals surface area contributed by atoms with E-state index >= 15 is 0 Å². The molecule has 3 aliphatic rings. The summed E-state index contributed by atoms with van der Waals surface area (Å²) in [4.78, 5) is 6.77. The number of rotatable bonds is 18. The highest BCUT2D eigenvalue weighted by atomic mass is 16.5. The molecule has 0 saturated carbocycles. The average molecular weight is 1160 g/mol. The second kappa shape index (κ2) is 24.0.